The number of rotatable bonds is 7. The Balaban J connectivity index is 1.66. The van der Waals surface area contributed by atoms with Crippen molar-refractivity contribution in [1.29, 1.82) is 0 Å². The highest BCUT2D eigenvalue weighted by Crippen LogP contribution is 2.26. The van der Waals surface area contributed by atoms with Gasteiger partial charge < -0.3 is 15.4 Å². The second-order valence-electron chi connectivity index (χ2n) is 6.64. The van der Waals surface area contributed by atoms with E-state index in [4.69, 9.17) is 0 Å². The summed E-state index contributed by atoms with van der Waals surface area (Å²) in [4.78, 5) is 25.1. The van der Waals surface area contributed by atoms with E-state index in [1.54, 1.807) is 12.1 Å². The van der Waals surface area contributed by atoms with Crippen LogP contribution in [0.15, 0.2) is 60.0 Å². The normalized spacial score (nSPS) is 11.5. The van der Waals surface area contributed by atoms with Gasteiger partial charge in [-0.1, -0.05) is 12.1 Å². The monoisotopic (exact) mass is 499 g/mol. The summed E-state index contributed by atoms with van der Waals surface area (Å²) >= 11 is 0.983. The molecule has 2 aromatic carbocycles. The third kappa shape index (κ3) is 7.50. The zero-order valence-corrected chi connectivity index (χ0v) is 18.4. The number of carbonyl (C=O) groups is 2. The number of thiophene rings is 1. The molecule has 1 heterocycles. The largest absolute Gasteiger partial charge is 0.573 e. The van der Waals surface area contributed by atoms with Crippen LogP contribution in [-0.4, -0.2) is 32.9 Å². The fourth-order valence-electron chi connectivity index (χ4n) is 2.62. The Morgan fingerprint density at radius 1 is 0.909 bits per heavy atom. The molecule has 174 valence electrons. The van der Waals surface area contributed by atoms with E-state index in [1.165, 1.54) is 35.7 Å². The van der Waals surface area contributed by atoms with E-state index in [0.717, 1.165) is 29.7 Å². The molecule has 0 radical (unpaired) electrons. The zero-order valence-electron chi connectivity index (χ0n) is 16.8. The molecule has 33 heavy (non-hydrogen) atoms. The number of anilines is 3. The molecule has 8 nitrogen and oxygen atoms in total. The molecule has 0 saturated heterocycles. The Morgan fingerprint density at radius 3 is 2.18 bits per heavy atom. The summed E-state index contributed by atoms with van der Waals surface area (Å²) < 4.78 is 65.9. The molecule has 0 saturated carbocycles. The van der Waals surface area contributed by atoms with Gasteiger partial charge in [0.25, 0.3) is 11.8 Å². The van der Waals surface area contributed by atoms with Crippen LogP contribution in [0, 0.1) is 0 Å². The Kier molecular flexibility index (Phi) is 6.93. The average Bonchev–Trinajstić information content (AvgIpc) is 3.16. The molecule has 0 bridgehead atoms. The molecule has 0 fully saturated rings. The van der Waals surface area contributed by atoms with Crippen LogP contribution in [-0.2, 0) is 10.0 Å². The molecule has 3 N–H and O–H groups in total. The second kappa shape index (κ2) is 9.50. The summed E-state index contributed by atoms with van der Waals surface area (Å²) in [6, 6.07) is 12.2. The fourth-order valence-corrected chi connectivity index (χ4v) is 3.95. The predicted octanol–water partition coefficient (Wildman–Crippen LogP) is 4.52. The van der Waals surface area contributed by atoms with Crippen molar-refractivity contribution in [3.05, 3.63) is 70.4 Å². The Labute approximate surface area is 190 Å². The van der Waals surface area contributed by atoms with Crippen molar-refractivity contribution in [3.63, 3.8) is 0 Å². The van der Waals surface area contributed by atoms with Gasteiger partial charge in [0.15, 0.2) is 0 Å². The van der Waals surface area contributed by atoms with Crippen LogP contribution >= 0.6 is 11.3 Å². The predicted molar refractivity (Wildman–Crippen MR) is 118 cm³/mol. The van der Waals surface area contributed by atoms with Gasteiger partial charge in [0.1, 0.15) is 5.75 Å². The van der Waals surface area contributed by atoms with Crippen molar-refractivity contribution < 1.29 is 35.9 Å². The number of amides is 2. The number of alkyl halides is 3. The molecule has 0 unspecified atom stereocenters. The first-order valence-corrected chi connectivity index (χ1v) is 11.8. The van der Waals surface area contributed by atoms with Crippen molar-refractivity contribution in [3.8, 4) is 5.75 Å². The van der Waals surface area contributed by atoms with Crippen LogP contribution in [0.4, 0.5) is 30.2 Å². The van der Waals surface area contributed by atoms with E-state index >= 15 is 0 Å². The summed E-state index contributed by atoms with van der Waals surface area (Å²) in [6.07, 6.45) is -3.87. The van der Waals surface area contributed by atoms with Crippen molar-refractivity contribution in [2.75, 3.05) is 21.6 Å². The SMILES string of the molecule is CS(=O)(=O)Nc1cccc(NC(=O)c2cc(C(=O)Nc3cccc(OC(F)(F)F)c3)cs2)c1. The van der Waals surface area contributed by atoms with Crippen LogP contribution < -0.4 is 20.1 Å². The van der Waals surface area contributed by atoms with Gasteiger partial charge >= 0.3 is 6.36 Å². The first-order chi connectivity index (χ1) is 15.4. The van der Waals surface area contributed by atoms with Gasteiger partial charge in [-0.25, -0.2) is 8.42 Å². The molecule has 3 rings (SSSR count). The average molecular weight is 499 g/mol. The van der Waals surface area contributed by atoms with Gasteiger partial charge in [-0.2, -0.15) is 0 Å². The van der Waals surface area contributed by atoms with Crippen LogP contribution in [0.3, 0.4) is 0 Å². The lowest BCUT2D eigenvalue weighted by atomic mass is 10.2. The van der Waals surface area contributed by atoms with Gasteiger partial charge in [-0.3, -0.25) is 14.3 Å². The lowest BCUT2D eigenvalue weighted by Crippen LogP contribution is -2.17. The highest BCUT2D eigenvalue weighted by Gasteiger charge is 2.31. The summed E-state index contributed by atoms with van der Waals surface area (Å²) in [7, 11) is -3.49. The van der Waals surface area contributed by atoms with Crippen molar-refractivity contribution in [2.24, 2.45) is 0 Å². The minimum atomic E-state index is -4.86. The Bertz CT molecular complexity index is 1290. The van der Waals surface area contributed by atoms with Gasteiger partial charge in [-0.15, -0.1) is 24.5 Å². The molecular weight excluding hydrogens is 483 g/mol. The summed E-state index contributed by atoms with van der Waals surface area (Å²) in [5.41, 5.74) is 0.793. The van der Waals surface area contributed by atoms with E-state index in [9.17, 15) is 31.2 Å². The Hall–Kier alpha value is -3.58. The van der Waals surface area contributed by atoms with Gasteiger partial charge in [0.2, 0.25) is 10.0 Å². The number of benzene rings is 2. The molecule has 1 aromatic heterocycles. The number of hydrogen-bond acceptors (Lipinski definition) is 6. The van der Waals surface area contributed by atoms with Crippen LogP contribution in [0.1, 0.15) is 20.0 Å². The number of hydrogen-bond donors (Lipinski definition) is 3. The molecule has 0 aliphatic rings. The molecule has 0 atom stereocenters. The molecule has 3 aromatic rings. The number of nitrogens with one attached hydrogen (secondary N) is 3. The standard InChI is InChI=1S/C20H16F3N3O5S2/c1-33(29,30)26-15-6-2-4-13(9-15)25-19(28)17-8-12(11-32-17)18(27)24-14-5-3-7-16(10-14)31-20(21,22)23/h2-11,26H,1H3,(H,24,27)(H,25,28). The summed E-state index contributed by atoms with van der Waals surface area (Å²) in [5.74, 6) is -1.65. The molecule has 0 spiro atoms. The fraction of sp³-hybridized carbons (Fsp3) is 0.100. The third-order valence-electron chi connectivity index (χ3n) is 3.83. The molecule has 13 heteroatoms. The lowest BCUT2D eigenvalue weighted by Gasteiger charge is -2.10. The lowest BCUT2D eigenvalue weighted by molar-refractivity contribution is -0.274. The first kappa shape index (κ1) is 24.1. The van der Waals surface area contributed by atoms with Gasteiger partial charge in [0, 0.05) is 22.8 Å². The maximum Gasteiger partial charge on any atom is 0.573 e. The maximum absolute atomic E-state index is 12.5. The number of ether oxygens (including phenoxy) is 1. The summed E-state index contributed by atoms with van der Waals surface area (Å²) in [6.45, 7) is 0. The van der Waals surface area contributed by atoms with Crippen LogP contribution in [0.2, 0.25) is 0 Å². The number of halogens is 3. The summed E-state index contributed by atoms with van der Waals surface area (Å²) in [5, 5.41) is 6.46. The highest BCUT2D eigenvalue weighted by atomic mass is 32.2. The second-order valence-corrected chi connectivity index (χ2v) is 9.30. The van der Waals surface area contributed by atoms with Crippen LogP contribution in [0.25, 0.3) is 0 Å². The molecular formula is C20H16F3N3O5S2. The van der Waals surface area contributed by atoms with Gasteiger partial charge in [-0.05, 0) is 36.4 Å². The number of sulfonamides is 1. The van der Waals surface area contributed by atoms with E-state index in [2.05, 4.69) is 20.1 Å². The zero-order chi connectivity index (χ0) is 24.2. The third-order valence-corrected chi connectivity index (χ3v) is 5.37. The van der Waals surface area contributed by atoms with Gasteiger partial charge in [0.05, 0.1) is 22.4 Å². The van der Waals surface area contributed by atoms with E-state index in [0.29, 0.717) is 5.69 Å². The quantitative estimate of drug-likeness (QED) is 0.442. The van der Waals surface area contributed by atoms with E-state index < -0.39 is 33.9 Å². The Morgan fingerprint density at radius 2 is 1.52 bits per heavy atom. The van der Waals surface area contributed by atoms with E-state index in [-0.39, 0.29) is 21.8 Å². The molecule has 0 aliphatic carbocycles. The van der Waals surface area contributed by atoms with Crippen molar-refractivity contribution in [1.82, 2.24) is 0 Å². The first-order valence-electron chi connectivity index (χ1n) is 9.03. The minimum Gasteiger partial charge on any atom is -0.406 e. The molecule has 2 amide bonds. The highest BCUT2D eigenvalue weighted by molar-refractivity contribution is 7.92. The topological polar surface area (TPSA) is 114 Å². The smallest absolute Gasteiger partial charge is 0.406 e. The maximum atomic E-state index is 12.5. The minimum absolute atomic E-state index is 0.0779. The van der Waals surface area contributed by atoms with Crippen molar-refractivity contribution >= 4 is 50.2 Å². The number of carbonyl (C=O) groups excluding carboxylic acids is 2. The van der Waals surface area contributed by atoms with Crippen molar-refractivity contribution in [2.45, 2.75) is 6.36 Å². The molecule has 0 aliphatic heterocycles. The van der Waals surface area contributed by atoms with Crippen LogP contribution in [0.5, 0.6) is 5.75 Å². The van der Waals surface area contributed by atoms with E-state index in [1.807, 2.05) is 0 Å².